The number of hydrazine groups is 1. The minimum absolute atomic E-state index is 0.0528. The predicted octanol–water partition coefficient (Wildman–Crippen LogP) is 3.29. The first-order valence-electron chi connectivity index (χ1n) is 10.7. The first-order chi connectivity index (χ1) is 14.9. The number of amides is 1. The SMILES string of the molecule is CC1C(/N=C(/NC(=O)C2CCC(Cl)C(F)C2)NC2CC(F)CC(Cl)C2)NNC1C(F)(F)F. The minimum atomic E-state index is -4.49. The van der Waals surface area contributed by atoms with Gasteiger partial charge in [0.05, 0.1) is 5.38 Å². The highest BCUT2D eigenvalue weighted by Gasteiger charge is 2.49. The molecule has 6 nitrogen and oxygen atoms in total. The van der Waals surface area contributed by atoms with Crippen LogP contribution in [0.15, 0.2) is 4.99 Å². The molecule has 9 atom stereocenters. The molecular weight excluding hydrogens is 480 g/mol. The molecule has 9 unspecified atom stereocenters. The van der Waals surface area contributed by atoms with Crippen molar-refractivity contribution < 1.29 is 26.7 Å². The molecule has 1 heterocycles. The molecule has 13 heteroatoms. The summed E-state index contributed by atoms with van der Waals surface area (Å²) in [5.41, 5.74) is 4.67. The summed E-state index contributed by atoms with van der Waals surface area (Å²) >= 11 is 12.0. The molecule has 0 radical (unpaired) electrons. The Kier molecular flexibility index (Phi) is 8.49. The fraction of sp³-hybridized carbons (Fsp3) is 0.895. The number of carbonyl (C=O) groups is 1. The highest BCUT2D eigenvalue weighted by Crippen LogP contribution is 2.32. The Morgan fingerprint density at radius 1 is 1.06 bits per heavy atom. The number of carbonyl (C=O) groups excluding carboxylic acids is 1. The fourth-order valence-electron chi connectivity index (χ4n) is 4.43. The zero-order chi connectivity index (χ0) is 23.6. The van der Waals surface area contributed by atoms with Gasteiger partial charge < -0.3 is 5.32 Å². The molecule has 1 saturated heterocycles. The minimum Gasteiger partial charge on any atom is -0.353 e. The number of nitrogens with zero attached hydrogens (tertiary/aromatic N) is 1. The van der Waals surface area contributed by atoms with Gasteiger partial charge in [-0.1, -0.05) is 6.92 Å². The lowest BCUT2D eigenvalue weighted by molar-refractivity contribution is -0.160. The van der Waals surface area contributed by atoms with E-state index < -0.39 is 65.3 Å². The summed E-state index contributed by atoms with van der Waals surface area (Å²) in [4.78, 5) is 17.0. The summed E-state index contributed by atoms with van der Waals surface area (Å²) in [5, 5.41) is 4.44. The zero-order valence-corrected chi connectivity index (χ0v) is 19.0. The van der Waals surface area contributed by atoms with E-state index in [0.29, 0.717) is 19.3 Å². The van der Waals surface area contributed by atoms with E-state index in [4.69, 9.17) is 23.2 Å². The average molecular weight is 508 g/mol. The second kappa shape index (κ2) is 10.6. The van der Waals surface area contributed by atoms with Crippen LogP contribution in [-0.4, -0.2) is 59.4 Å². The molecule has 0 bridgehead atoms. The molecule has 0 aromatic heterocycles. The third-order valence-electron chi connectivity index (χ3n) is 6.27. The Morgan fingerprint density at radius 3 is 2.38 bits per heavy atom. The van der Waals surface area contributed by atoms with Gasteiger partial charge in [0, 0.05) is 23.3 Å². The summed E-state index contributed by atoms with van der Waals surface area (Å²) in [6, 6.07) is -2.28. The lowest BCUT2D eigenvalue weighted by Gasteiger charge is -2.31. The highest BCUT2D eigenvalue weighted by molar-refractivity contribution is 6.21. The maximum Gasteiger partial charge on any atom is 0.405 e. The van der Waals surface area contributed by atoms with Crippen LogP contribution in [0.3, 0.4) is 0 Å². The van der Waals surface area contributed by atoms with E-state index in [1.807, 2.05) is 0 Å². The number of aliphatic imine (C=N–C) groups is 1. The van der Waals surface area contributed by atoms with E-state index >= 15 is 0 Å². The van der Waals surface area contributed by atoms with Gasteiger partial charge in [-0.05, 0) is 38.5 Å². The summed E-state index contributed by atoms with van der Waals surface area (Å²) in [7, 11) is 0. The zero-order valence-electron chi connectivity index (χ0n) is 17.4. The van der Waals surface area contributed by atoms with Crippen molar-refractivity contribution in [2.45, 2.75) is 93.0 Å². The maximum absolute atomic E-state index is 14.0. The van der Waals surface area contributed by atoms with Gasteiger partial charge in [-0.3, -0.25) is 10.1 Å². The van der Waals surface area contributed by atoms with Crippen molar-refractivity contribution in [2.75, 3.05) is 0 Å². The van der Waals surface area contributed by atoms with Crippen molar-refractivity contribution in [3.63, 3.8) is 0 Å². The van der Waals surface area contributed by atoms with Crippen LogP contribution in [0, 0.1) is 11.8 Å². The number of halogens is 7. The van der Waals surface area contributed by atoms with E-state index in [2.05, 4.69) is 26.5 Å². The first-order valence-corrected chi connectivity index (χ1v) is 11.6. The third-order valence-corrected chi connectivity index (χ3v) is 7.12. The molecule has 3 rings (SSSR count). The molecule has 32 heavy (non-hydrogen) atoms. The van der Waals surface area contributed by atoms with Crippen LogP contribution in [0.4, 0.5) is 22.0 Å². The van der Waals surface area contributed by atoms with Gasteiger partial charge in [0.15, 0.2) is 5.96 Å². The van der Waals surface area contributed by atoms with Crippen molar-refractivity contribution in [2.24, 2.45) is 16.8 Å². The monoisotopic (exact) mass is 507 g/mol. The smallest absolute Gasteiger partial charge is 0.353 e. The van der Waals surface area contributed by atoms with Crippen LogP contribution in [0.1, 0.15) is 45.4 Å². The van der Waals surface area contributed by atoms with Crippen molar-refractivity contribution in [1.82, 2.24) is 21.5 Å². The molecule has 0 aromatic carbocycles. The van der Waals surface area contributed by atoms with Crippen molar-refractivity contribution in [1.29, 1.82) is 0 Å². The molecule has 2 saturated carbocycles. The molecule has 0 spiro atoms. The number of hydrogen-bond acceptors (Lipinski definition) is 4. The molecular formula is C19H28Cl2F5N5O. The highest BCUT2D eigenvalue weighted by atomic mass is 35.5. The normalized spacial score (nSPS) is 41.4. The Morgan fingerprint density at radius 2 is 1.78 bits per heavy atom. The summed E-state index contributed by atoms with van der Waals surface area (Å²) in [6.45, 7) is 1.38. The van der Waals surface area contributed by atoms with Gasteiger partial charge >= 0.3 is 6.18 Å². The van der Waals surface area contributed by atoms with Gasteiger partial charge in [0.1, 0.15) is 24.6 Å². The van der Waals surface area contributed by atoms with E-state index in [1.54, 1.807) is 0 Å². The second-order valence-corrected chi connectivity index (χ2v) is 10.0. The number of alkyl halides is 7. The maximum atomic E-state index is 14.0. The average Bonchev–Trinajstić information content (AvgIpc) is 3.03. The van der Waals surface area contributed by atoms with E-state index in [1.165, 1.54) is 6.92 Å². The van der Waals surface area contributed by atoms with E-state index in [9.17, 15) is 26.7 Å². The van der Waals surface area contributed by atoms with Crippen LogP contribution in [0.2, 0.25) is 0 Å². The van der Waals surface area contributed by atoms with Crippen molar-refractivity contribution in [3.8, 4) is 0 Å². The molecule has 184 valence electrons. The Labute approximate surface area is 193 Å². The lowest BCUT2D eigenvalue weighted by Crippen LogP contribution is -2.52. The van der Waals surface area contributed by atoms with Gasteiger partial charge in [-0.25, -0.2) is 24.6 Å². The number of nitrogens with one attached hydrogen (secondary N) is 4. The van der Waals surface area contributed by atoms with Gasteiger partial charge in [0.25, 0.3) is 0 Å². The van der Waals surface area contributed by atoms with Gasteiger partial charge in [0.2, 0.25) is 5.91 Å². The van der Waals surface area contributed by atoms with Crippen molar-refractivity contribution in [3.05, 3.63) is 0 Å². The number of hydrogen-bond donors (Lipinski definition) is 4. The predicted molar refractivity (Wildman–Crippen MR) is 112 cm³/mol. The van der Waals surface area contributed by atoms with Gasteiger partial charge in [-0.15, -0.1) is 23.2 Å². The molecule has 2 aliphatic carbocycles. The molecule has 4 N–H and O–H groups in total. The first kappa shape index (κ1) is 25.7. The summed E-state index contributed by atoms with van der Waals surface area (Å²) < 4.78 is 67.4. The second-order valence-electron chi connectivity index (χ2n) is 8.86. The molecule has 1 amide bonds. The van der Waals surface area contributed by atoms with E-state index in [0.717, 1.165) is 0 Å². The largest absolute Gasteiger partial charge is 0.405 e. The Balaban J connectivity index is 1.73. The number of guanidine groups is 1. The molecule has 3 fully saturated rings. The Bertz CT molecular complexity index is 690. The number of rotatable bonds is 3. The van der Waals surface area contributed by atoms with Crippen LogP contribution in [0.25, 0.3) is 0 Å². The van der Waals surface area contributed by atoms with E-state index in [-0.39, 0.29) is 25.2 Å². The summed E-state index contributed by atoms with van der Waals surface area (Å²) in [6.07, 6.45) is -6.58. The van der Waals surface area contributed by atoms with Crippen molar-refractivity contribution >= 4 is 35.1 Å². The van der Waals surface area contributed by atoms with Crippen LogP contribution < -0.4 is 21.5 Å². The lowest BCUT2D eigenvalue weighted by atomic mass is 9.87. The molecule has 1 aliphatic heterocycles. The molecule has 0 aromatic rings. The topological polar surface area (TPSA) is 77.5 Å². The van der Waals surface area contributed by atoms with Crippen LogP contribution in [0.5, 0.6) is 0 Å². The fourth-order valence-corrected chi connectivity index (χ4v) is 5.06. The standard InChI is InChI=1S/C19H28Cl2F5N5O/c1-8-15(19(24,25)26)30-31-16(8)28-18(27-12-6-10(20)5-11(22)7-12)29-17(32)9-2-3-13(21)14(23)4-9/h8-16,30-31H,2-7H2,1H3,(H2,27,28,29,32). The quantitative estimate of drug-likeness (QED) is 0.204. The van der Waals surface area contributed by atoms with Crippen LogP contribution in [-0.2, 0) is 4.79 Å². The van der Waals surface area contributed by atoms with Gasteiger partial charge in [-0.2, -0.15) is 13.2 Å². The Hall–Kier alpha value is -0.910. The third kappa shape index (κ3) is 6.57. The summed E-state index contributed by atoms with van der Waals surface area (Å²) in [5.74, 6) is -2.23. The van der Waals surface area contributed by atoms with Crippen LogP contribution >= 0.6 is 23.2 Å². The molecule has 3 aliphatic rings.